The summed E-state index contributed by atoms with van der Waals surface area (Å²) in [5.41, 5.74) is 1.21. The van der Waals surface area contributed by atoms with Crippen molar-refractivity contribution in [1.29, 1.82) is 0 Å². The Bertz CT molecular complexity index is 898. The van der Waals surface area contributed by atoms with E-state index in [4.69, 9.17) is 9.47 Å². The molecule has 2 aromatic rings. The first kappa shape index (κ1) is 21.2. The molecule has 0 unspecified atom stereocenters. The molecular weight excluding hydrogens is 412 g/mol. The van der Waals surface area contributed by atoms with Gasteiger partial charge in [-0.3, -0.25) is 4.79 Å². The maximum Gasteiger partial charge on any atom is 0.410 e. The first-order chi connectivity index (χ1) is 14.0. The summed E-state index contributed by atoms with van der Waals surface area (Å²) in [4.78, 5) is 40.3. The maximum absolute atomic E-state index is 12.5. The van der Waals surface area contributed by atoms with Gasteiger partial charge in [-0.2, -0.15) is 0 Å². The number of nitrogens with zero attached hydrogens (tertiary/aromatic N) is 1. The number of rotatable bonds is 6. The highest BCUT2D eigenvalue weighted by Gasteiger charge is 2.31. The van der Waals surface area contributed by atoms with E-state index >= 15 is 0 Å². The first-order valence-corrected chi connectivity index (χ1v) is 11.0. The molecule has 3 rings (SSSR count). The summed E-state index contributed by atoms with van der Waals surface area (Å²) in [7, 11) is 1.32. The zero-order valence-corrected chi connectivity index (χ0v) is 17.9. The minimum atomic E-state index is -0.488. The van der Waals surface area contributed by atoms with E-state index in [0.717, 1.165) is 15.3 Å². The number of amides is 2. The van der Waals surface area contributed by atoms with Crippen LogP contribution in [0.1, 0.15) is 27.7 Å². The molecule has 154 valence electrons. The van der Waals surface area contributed by atoms with Gasteiger partial charge < -0.3 is 19.7 Å². The van der Waals surface area contributed by atoms with E-state index < -0.39 is 5.97 Å². The minimum absolute atomic E-state index is 0.204. The van der Waals surface area contributed by atoms with Gasteiger partial charge in [-0.15, -0.1) is 23.1 Å². The Morgan fingerprint density at radius 3 is 2.69 bits per heavy atom. The highest BCUT2D eigenvalue weighted by molar-refractivity contribution is 8.00. The summed E-state index contributed by atoms with van der Waals surface area (Å²) in [5, 5.41) is 3.31. The van der Waals surface area contributed by atoms with Crippen molar-refractivity contribution in [3.05, 3.63) is 46.3 Å². The molecule has 0 spiro atoms. The molecule has 0 saturated heterocycles. The zero-order valence-electron chi connectivity index (χ0n) is 16.2. The van der Waals surface area contributed by atoms with Crippen LogP contribution in [0.3, 0.4) is 0 Å². The number of hydrogen-bond donors (Lipinski definition) is 1. The number of anilines is 1. The van der Waals surface area contributed by atoms with Crippen molar-refractivity contribution in [2.24, 2.45) is 0 Å². The molecule has 1 aromatic heterocycles. The summed E-state index contributed by atoms with van der Waals surface area (Å²) in [5.74, 6) is -0.467. The number of carbonyl (C=O) groups is 3. The number of benzene rings is 1. The third kappa shape index (κ3) is 5.10. The van der Waals surface area contributed by atoms with Gasteiger partial charge in [-0.1, -0.05) is 18.2 Å². The SMILES string of the molecule is CCOC(=O)N1CCc2c(sc(NC(=O)CSc3ccccc3)c2C(=O)OC)C1. The summed E-state index contributed by atoms with van der Waals surface area (Å²) >= 11 is 2.72. The van der Waals surface area contributed by atoms with E-state index in [2.05, 4.69) is 5.32 Å². The van der Waals surface area contributed by atoms with E-state index in [0.29, 0.717) is 36.7 Å². The highest BCUT2D eigenvalue weighted by Crippen LogP contribution is 2.38. The molecule has 9 heteroatoms. The van der Waals surface area contributed by atoms with Crippen molar-refractivity contribution in [2.75, 3.05) is 31.3 Å². The number of methoxy groups -OCH3 is 1. The number of esters is 1. The van der Waals surface area contributed by atoms with Crippen LogP contribution in [0.15, 0.2) is 35.2 Å². The highest BCUT2D eigenvalue weighted by atomic mass is 32.2. The lowest BCUT2D eigenvalue weighted by atomic mass is 10.0. The zero-order chi connectivity index (χ0) is 20.8. The molecule has 0 atom stereocenters. The fourth-order valence-electron chi connectivity index (χ4n) is 3.01. The fraction of sp³-hybridized carbons (Fsp3) is 0.350. The fourth-order valence-corrected chi connectivity index (χ4v) is 5.00. The van der Waals surface area contributed by atoms with E-state index in [1.54, 1.807) is 11.8 Å². The molecule has 2 heterocycles. The summed E-state index contributed by atoms with van der Waals surface area (Å²) < 4.78 is 10.00. The quantitative estimate of drug-likeness (QED) is 0.550. The molecule has 0 radical (unpaired) electrons. The molecule has 0 bridgehead atoms. The molecule has 29 heavy (non-hydrogen) atoms. The van der Waals surface area contributed by atoms with Gasteiger partial charge in [0.25, 0.3) is 0 Å². The molecule has 1 aliphatic heterocycles. The topological polar surface area (TPSA) is 84.9 Å². The van der Waals surface area contributed by atoms with Crippen LogP contribution < -0.4 is 5.32 Å². The minimum Gasteiger partial charge on any atom is -0.465 e. The number of thioether (sulfide) groups is 1. The van der Waals surface area contributed by atoms with Crippen LogP contribution in [-0.2, 0) is 27.2 Å². The smallest absolute Gasteiger partial charge is 0.410 e. The summed E-state index contributed by atoms with van der Waals surface area (Å²) in [6.45, 7) is 2.86. The lowest BCUT2D eigenvalue weighted by Gasteiger charge is -2.26. The van der Waals surface area contributed by atoms with Gasteiger partial charge in [-0.25, -0.2) is 9.59 Å². The molecule has 2 amide bonds. The summed E-state index contributed by atoms with van der Waals surface area (Å²) in [6.07, 6.45) is 0.125. The van der Waals surface area contributed by atoms with E-state index in [1.807, 2.05) is 30.3 Å². The van der Waals surface area contributed by atoms with Gasteiger partial charge in [0.15, 0.2) is 0 Å². The van der Waals surface area contributed by atoms with Crippen molar-refractivity contribution in [1.82, 2.24) is 4.90 Å². The van der Waals surface area contributed by atoms with Gasteiger partial charge in [0, 0.05) is 16.3 Å². The predicted molar refractivity (Wildman–Crippen MR) is 113 cm³/mol. The second-order valence-corrected chi connectivity index (χ2v) is 8.37. The van der Waals surface area contributed by atoms with E-state index in [-0.39, 0.29) is 17.8 Å². The van der Waals surface area contributed by atoms with Crippen LogP contribution in [0, 0.1) is 0 Å². The number of fused-ring (bicyclic) bond motifs is 1. The number of ether oxygens (including phenoxy) is 2. The number of hydrogen-bond acceptors (Lipinski definition) is 7. The number of nitrogens with one attached hydrogen (secondary N) is 1. The Morgan fingerprint density at radius 1 is 1.24 bits per heavy atom. The lowest BCUT2D eigenvalue weighted by Crippen LogP contribution is -2.36. The molecule has 0 fully saturated rings. The third-order valence-electron chi connectivity index (χ3n) is 4.34. The van der Waals surface area contributed by atoms with Crippen LogP contribution in [0.2, 0.25) is 0 Å². The number of thiophene rings is 1. The van der Waals surface area contributed by atoms with E-state index in [9.17, 15) is 14.4 Å². The maximum atomic E-state index is 12.5. The first-order valence-electron chi connectivity index (χ1n) is 9.15. The van der Waals surface area contributed by atoms with Crippen molar-refractivity contribution >= 4 is 46.1 Å². The Kier molecular flexibility index (Phi) is 7.16. The average molecular weight is 435 g/mol. The van der Waals surface area contributed by atoms with Gasteiger partial charge >= 0.3 is 12.1 Å². The molecule has 7 nitrogen and oxygen atoms in total. The van der Waals surface area contributed by atoms with Crippen LogP contribution in [-0.4, -0.2) is 48.9 Å². The van der Waals surface area contributed by atoms with Crippen molar-refractivity contribution in [3.63, 3.8) is 0 Å². The Hall–Kier alpha value is -2.52. The third-order valence-corrected chi connectivity index (χ3v) is 6.48. The van der Waals surface area contributed by atoms with Crippen molar-refractivity contribution < 1.29 is 23.9 Å². The monoisotopic (exact) mass is 434 g/mol. The summed E-state index contributed by atoms with van der Waals surface area (Å²) in [6, 6.07) is 9.62. The Morgan fingerprint density at radius 2 is 2.00 bits per heavy atom. The average Bonchev–Trinajstić information content (AvgIpc) is 3.09. The van der Waals surface area contributed by atoms with Gasteiger partial charge in [0.1, 0.15) is 5.00 Å². The molecule has 1 N–H and O–H groups in total. The molecule has 0 aliphatic carbocycles. The Balaban J connectivity index is 1.75. The second-order valence-electron chi connectivity index (χ2n) is 6.22. The normalized spacial score (nSPS) is 12.8. The van der Waals surface area contributed by atoms with Crippen LogP contribution in [0.5, 0.6) is 0 Å². The second kappa shape index (κ2) is 9.80. The Labute approximate surface area is 177 Å². The standard InChI is InChI=1S/C20H22N2O5S2/c1-3-27-20(25)22-10-9-14-15(11-22)29-18(17(14)19(24)26-2)21-16(23)12-28-13-7-5-4-6-8-13/h4-8H,3,9-12H2,1-2H3,(H,21,23). The number of carbonyl (C=O) groups excluding carboxylic acids is 3. The van der Waals surface area contributed by atoms with Crippen LogP contribution >= 0.6 is 23.1 Å². The largest absolute Gasteiger partial charge is 0.465 e. The van der Waals surface area contributed by atoms with Gasteiger partial charge in [-0.05, 0) is 31.0 Å². The molecular formula is C20H22N2O5S2. The van der Waals surface area contributed by atoms with Gasteiger partial charge in [0.2, 0.25) is 5.91 Å². The molecule has 1 aromatic carbocycles. The molecule has 0 saturated carbocycles. The lowest BCUT2D eigenvalue weighted by molar-refractivity contribution is -0.113. The molecule has 1 aliphatic rings. The predicted octanol–water partition coefficient (Wildman–Crippen LogP) is 3.78. The van der Waals surface area contributed by atoms with E-state index in [1.165, 1.54) is 30.2 Å². The van der Waals surface area contributed by atoms with Crippen LogP contribution in [0.4, 0.5) is 9.80 Å². The van der Waals surface area contributed by atoms with Crippen molar-refractivity contribution in [3.8, 4) is 0 Å². The van der Waals surface area contributed by atoms with Crippen molar-refractivity contribution in [2.45, 2.75) is 24.8 Å². The van der Waals surface area contributed by atoms with Gasteiger partial charge in [0.05, 0.1) is 31.6 Å². The van der Waals surface area contributed by atoms with Crippen LogP contribution in [0.25, 0.3) is 0 Å².